The second-order valence-electron chi connectivity index (χ2n) is 6.70. The summed E-state index contributed by atoms with van der Waals surface area (Å²) in [6, 6.07) is -1.19. The average molecular weight is 456 g/mol. The van der Waals surface area contributed by atoms with Crippen LogP contribution in [0.2, 0.25) is 0 Å². The van der Waals surface area contributed by atoms with Gasteiger partial charge in [-0.15, -0.1) is 0 Å². The predicted octanol–water partition coefficient (Wildman–Crippen LogP) is -4.51. The molecule has 15 nitrogen and oxygen atoms in total. The molecule has 0 aromatic rings. The number of amides is 6. The van der Waals surface area contributed by atoms with Crippen molar-refractivity contribution in [1.82, 2.24) is 9.80 Å². The largest absolute Gasteiger partial charge is 0.369 e. The van der Waals surface area contributed by atoms with E-state index < -0.39 is 105 Å². The molecule has 0 saturated carbocycles. The lowest BCUT2D eigenvalue weighted by Crippen LogP contribution is -2.45. The molecule has 0 heterocycles. The van der Waals surface area contributed by atoms with Crippen molar-refractivity contribution in [2.45, 2.75) is 25.7 Å². The van der Waals surface area contributed by atoms with Gasteiger partial charge in [0.1, 0.15) is 0 Å². The quantitative estimate of drug-likeness (QED) is 0.163. The number of carbonyl (C=O) groups is 9. The summed E-state index contributed by atoms with van der Waals surface area (Å²) in [5, 5.41) is 0. The van der Waals surface area contributed by atoms with Crippen molar-refractivity contribution in [3.05, 3.63) is 0 Å². The molecular weight excluding hydrogens is 432 g/mol. The number of nitrogens with zero attached hydrogens (tertiary/aromatic N) is 2. The minimum Gasteiger partial charge on any atom is -0.369 e. The maximum absolute atomic E-state index is 12.4. The van der Waals surface area contributed by atoms with Crippen molar-refractivity contribution < 1.29 is 43.2 Å². The van der Waals surface area contributed by atoms with E-state index in [9.17, 15) is 43.2 Å². The van der Waals surface area contributed by atoms with Crippen LogP contribution in [0.15, 0.2) is 0 Å². The third kappa shape index (κ3) is 12.4. The number of ketones is 4. The Kier molecular flexibility index (Phi) is 11.5. The summed E-state index contributed by atoms with van der Waals surface area (Å²) in [5.41, 5.74) is 19.7. The standard InChI is InChI=1S/C17H24N6O9/c18-13(28)1-9(24)5-22(6-10(25)2-14(19)29)16(31)4-12(27)8-23(17(21)32)7-11(26)3-15(20)30/h1-8H2,(H2,18,28)(H2,19,29)(H2,20,30)(H2,21,32). The SMILES string of the molecule is NC(=O)CC(=O)CN(CC(=O)CC(=O)N(CC(=O)CC(N)=O)CC(=O)CC(N)=O)C(N)=O. The molecule has 6 amide bonds. The van der Waals surface area contributed by atoms with Gasteiger partial charge in [-0.3, -0.25) is 38.4 Å². The van der Waals surface area contributed by atoms with Gasteiger partial charge < -0.3 is 32.7 Å². The maximum atomic E-state index is 12.4. The van der Waals surface area contributed by atoms with Crippen LogP contribution in [0.4, 0.5) is 4.79 Å². The molecule has 8 N–H and O–H groups in total. The van der Waals surface area contributed by atoms with Crippen LogP contribution in [-0.2, 0) is 38.4 Å². The fourth-order valence-corrected chi connectivity index (χ4v) is 2.38. The summed E-state index contributed by atoms with van der Waals surface area (Å²) in [6.07, 6.45) is -3.09. The van der Waals surface area contributed by atoms with Gasteiger partial charge >= 0.3 is 6.03 Å². The Morgan fingerprint density at radius 3 is 1.00 bits per heavy atom. The van der Waals surface area contributed by atoms with Gasteiger partial charge in [-0.1, -0.05) is 0 Å². The first-order chi connectivity index (χ1) is 14.7. The van der Waals surface area contributed by atoms with Gasteiger partial charge in [-0.05, 0) is 0 Å². The van der Waals surface area contributed by atoms with E-state index in [0.717, 1.165) is 0 Å². The second-order valence-corrected chi connectivity index (χ2v) is 6.70. The van der Waals surface area contributed by atoms with E-state index in [2.05, 4.69) is 0 Å². The molecule has 15 heteroatoms. The van der Waals surface area contributed by atoms with Gasteiger partial charge in [0.15, 0.2) is 23.1 Å². The molecule has 0 aliphatic carbocycles. The first-order valence-electron chi connectivity index (χ1n) is 8.95. The number of nitrogens with two attached hydrogens (primary N) is 4. The number of primary amides is 4. The van der Waals surface area contributed by atoms with Crippen LogP contribution >= 0.6 is 0 Å². The molecule has 0 aliphatic heterocycles. The summed E-state index contributed by atoms with van der Waals surface area (Å²) in [7, 11) is 0. The molecule has 176 valence electrons. The highest BCUT2D eigenvalue weighted by Gasteiger charge is 2.25. The molecule has 0 aromatic carbocycles. The van der Waals surface area contributed by atoms with Crippen molar-refractivity contribution in [3.8, 4) is 0 Å². The van der Waals surface area contributed by atoms with Gasteiger partial charge in [-0.2, -0.15) is 0 Å². The Balaban J connectivity index is 5.23. The molecule has 0 aromatic heterocycles. The lowest BCUT2D eigenvalue weighted by atomic mass is 10.1. The van der Waals surface area contributed by atoms with Crippen molar-refractivity contribution in [2.24, 2.45) is 22.9 Å². The van der Waals surface area contributed by atoms with Gasteiger partial charge in [0.25, 0.3) is 0 Å². The average Bonchev–Trinajstić information content (AvgIpc) is 2.58. The molecule has 32 heavy (non-hydrogen) atoms. The fraction of sp³-hybridized carbons (Fsp3) is 0.471. The van der Waals surface area contributed by atoms with E-state index in [4.69, 9.17) is 22.9 Å². The first kappa shape index (κ1) is 27.8. The zero-order chi connectivity index (χ0) is 25.0. The van der Waals surface area contributed by atoms with Gasteiger partial charge in [0.05, 0.1) is 51.9 Å². The highest BCUT2D eigenvalue weighted by Crippen LogP contribution is 2.02. The van der Waals surface area contributed by atoms with Crippen molar-refractivity contribution in [2.75, 3.05) is 26.2 Å². The van der Waals surface area contributed by atoms with Crippen molar-refractivity contribution >= 4 is 52.8 Å². The van der Waals surface area contributed by atoms with Crippen LogP contribution in [0, 0.1) is 0 Å². The van der Waals surface area contributed by atoms with E-state index in [1.54, 1.807) is 0 Å². The van der Waals surface area contributed by atoms with Crippen LogP contribution < -0.4 is 22.9 Å². The molecule has 0 atom stereocenters. The number of rotatable bonds is 16. The number of Topliss-reactive ketones (excluding diaryl/α,β-unsaturated/α-hetero) is 4. The highest BCUT2D eigenvalue weighted by molar-refractivity contribution is 6.06. The zero-order valence-corrected chi connectivity index (χ0v) is 17.0. The molecule has 0 spiro atoms. The Bertz CT molecular complexity index is 808. The number of hydrogen-bond acceptors (Lipinski definition) is 9. The Labute approximate surface area is 181 Å². The van der Waals surface area contributed by atoms with Crippen LogP contribution in [0.1, 0.15) is 25.7 Å². The summed E-state index contributed by atoms with van der Waals surface area (Å²) < 4.78 is 0. The molecule has 0 aliphatic rings. The van der Waals surface area contributed by atoms with Gasteiger partial charge in [0.2, 0.25) is 23.6 Å². The molecule has 0 fully saturated rings. The monoisotopic (exact) mass is 456 g/mol. The number of carbonyl (C=O) groups excluding carboxylic acids is 9. The topological polar surface area (TPSA) is 264 Å². The van der Waals surface area contributed by atoms with Crippen LogP contribution in [-0.4, -0.2) is 88.8 Å². The molecule has 0 rings (SSSR count). The summed E-state index contributed by atoms with van der Waals surface area (Å²) in [5.74, 6) is -7.36. The molecular formula is C17H24N6O9. The lowest BCUT2D eigenvalue weighted by Gasteiger charge is -2.22. The third-order valence-corrected chi connectivity index (χ3v) is 3.60. The van der Waals surface area contributed by atoms with E-state index >= 15 is 0 Å². The predicted molar refractivity (Wildman–Crippen MR) is 104 cm³/mol. The molecule has 0 saturated heterocycles. The third-order valence-electron chi connectivity index (χ3n) is 3.60. The Morgan fingerprint density at radius 2 is 0.719 bits per heavy atom. The van der Waals surface area contributed by atoms with Crippen LogP contribution in [0.25, 0.3) is 0 Å². The van der Waals surface area contributed by atoms with Crippen LogP contribution in [0.5, 0.6) is 0 Å². The van der Waals surface area contributed by atoms with E-state index in [-0.39, 0.29) is 0 Å². The second kappa shape index (κ2) is 13.2. The minimum absolute atomic E-state index is 0.571. The highest BCUT2D eigenvalue weighted by atomic mass is 16.2. The fourth-order valence-electron chi connectivity index (χ4n) is 2.38. The van der Waals surface area contributed by atoms with Gasteiger partial charge in [0, 0.05) is 0 Å². The van der Waals surface area contributed by atoms with E-state index in [0.29, 0.717) is 9.80 Å². The summed E-state index contributed by atoms with van der Waals surface area (Å²) >= 11 is 0. The summed E-state index contributed by atoms with van der Waals surface area (Å²) in [4.78, 5) is 105. The summed E-state index contributed by atoms with van der Waals surface area (Å²) in [6.45, 7) is -3.01. The van der Waals surface area contributed by atoms with Crippen LogP contribution in [0.3, 0.4) is 0 Å². The van der Waals surface area contributed by atoms with Gasteiger partial charge in [-0.25, -0.2) is 4.79 Å². The first-order valence-corrected chi connectivity index (χ1v) is 8.95. The minimum atomic E-state index is -1.19. The van der Waals surface area contributed by atoms with Crippen molar-refractivity contribution in [1.29, 1.82) is 0 Å². The van der Waals surface area contributed by atoms with Crippen molar-refractivity contribution in [3.63, 3.8) is 0 Å². The Hall–Kier alpha value is -4.17. The molecule has 0 unspecified atom stereocenters. The maximum Gasteiger partial charge on any atom is 0.315 e. The molecule has 0 radical (unpaired) electrons. The molecule has 0 bridgehead atoms. The smallest absolute Gasteiger partial charge is 0.315 e. The Morgan fingerprint density at radius 1 is 0.438 bits per heavy atom. The zero-order valence-electron chi connectivity index (χ0n) is 17.0. The van der Waals surface area contributed by atoms with E-state index in [1.807, 2.05) is 0 Å². The van der Waals surface area contributed by atoms with E-state index in [1.165, 1.54) is 0 Å². The normalized spacial score (nSPS) is 10.0. The number of urea groups is 1. The lowest BCUT2D eigenvalue weighted by molar-refractivity contribution is -0.142. The number of hydrogen-bond donors (Lipinski definition) is 4.